The lowest BCUT2D eigenvalue weighted by atomic mass is 10.0. The summed E-state index contributed by atoms with van der Waals surface area (Å²) >= 11 is 0. The Morgan fingerprint density at radius 2 is 2.14 bits per heavy atom. The van der Waals surface area contributed by atoms with Crippen molar-refractivity contribution in [3.63, 3.8) is 0 Å². The van der Waals surface area contributed by atoms with Gasteiger partial charge in [-0.1, -0.05) is 18.2 Å². The lowest BCUT2D eigenvalue weighted by Crippen LogP contribution is -2.54. The molecule has 0 aliphatic carbocycles. The van der Waals surface area contributed by atoms with Crippen molar-refractivity contribution in [3.8, 4) is 0 Å². The average molecular weight is 190 g/mol. The van der Waals surface area contributed by atoms with Crippen molar-refractivity contribution >= 4 is 5.91 Å². The number of carbonyl (C=O) groups excluding carboxylic acids is 1. The number of nitrogens with two attached hydrogens (primary N) is 1. The molecule has 74 valence electrons. The van der Waals surface area contributed by atoms with Crippen LogP contribution in [-0.2, 0) is 0 Å². The summed E-state index contributed by atoms with van der Waals surface area (Å²) in [7, 11) is 0. The number of benzene rings is 1. The average Bonchev–Trinajstić information content (AvgIpc) is 2.18. The van der Waals surface area contributed by atoms with Crippen LogP contribution in [0.5, 0.6) is 0 Å². The third-order valence-electron chi connectivity index (χ3n) is 2.70. The molecule has 0 spiro atoms. The van der Waals surface area contributed by atoms with Crippen LogP contribution < -0.4 is 5.73 Å². The van der Waals surface area contributed by atoms with E-state index in [0.717, 1.165) is 18.5 Å². The Morgan fingerprint density at radius 3 is 2.64 bits per heavy atom. The first-order valence-electron chi connectivity index (χ1n) is 4.89. The second kappa shape index (κ2) is 3.80. The normalized spacial score (nSPS) is 20.4. The molecule has 1 fully saturated rings. The smallest absolute Gasteiger partial charge is 0.254 e. The molecule has 1 aromatic rings. The zero-order valence-electron chi connectivity index (χ0n) is 8.02. The fraction of sp³-hybridized carbons (Fsp3) is 0.364. The maximum Gasteiger partial charge on any atom is 0.254 e. The molecule has 1 amide bonds. The molecule has 1 heterocycles. The molecular weight excluding hydrogens is 176 g/mol. The minimum atomic E-state index is 0.104. The van der Waals surface area contributed by atoms with Gasteiger partial charge in [-0.05, 0) is 18.6 Å². The van der Waals surface area contributed by atoms with Gasteiger partial charge >= 0.3 is 0 Å². The maximum atomic E-state index is 11.9. The number of hydrogen-bond donors (Lipinski definition) is 1. The summed E-state index contributed by atoms with van der Waals surface area (Å²) in [5.41, 5.74) is 6.30. The molecule has 0 bridgehead atoms. The Balaban J connectivity index is 2.09. The van der Waals surface area contributed by atoms with Gasteiger partial charge in [-0.15, -0.1) is 0 Å². The predicted molar refractivity (Wildman–Crippen MR) is 54.9 cm³/mol. The molecule has 1 aromatic carbocycles. The van der Waals surface area contributed by atoms with Gasteiger partial charge in [0.05, 0.1) is 0 Å². The Morgan fingerprint density at radius 1 is 1.43 bits per heavy atom. The zero-order valence-corrected chi connectivity index (χ0v) is 8.02. The van der Waals surface area contributed by atoms with Gasteiger partial charge in [-0.3, -0.25) is 4.79 Å². The lowest BCUT2D eigenvalue weighted by Gasteiger charge is -2.40. The molecule has 3 nitrogen and oxygen atoms in total. The molecule has 1 saturated heterocycles. The molecule has 1 unspecified atom stereocenters. The summed E-state index contributed by atoms with van der Waals surface area (Å²) in [6, 6.07) is 9.60. The third kappa shape index (κ3) is 1.51. The van der Waals surface area contributed by atoms with E-state index < -0.39 is 0 Å². The second-order valence-corrected chi connectivity index (χ2v) is 3.54. The van der Waals surface area contributed by atoms with Crippen molar-refractivity contribution in [2.24, 2.45) is 5.73 Å². The van der Waals surface area contributed by atoms with Crippen LogP contribution in [0, 0.1) is 0 Å². The van der Waals surface area contributed by atoms with Crippen molar-refractivity contribution in [1.29, 1.82) is 0 Å². The molecule has 3 heteroatoms. The van der Waals surface area contributed by atoms with Gasteiger partial charge in [0, 0.05) is 24.7 Å². The van der Waals surface area contributed by atoms with Gasteiger partial charge in [0.25, 0.3) is 5.91 Å². The fourth-order valence-electron chi connectivity index (χ4n) is 1.70. The van der Waals surface area contributed by atoms with E-state index in [0.29, 0.717) is 6.54 Å². The Bertz CT molecular complexity index is 321. The molecular formula is C11H14N2O. The molecule has 1 atom stereocenters. The molecule has 0 aromatic heterocycles. The van der Waals surface area contributed by atoms with Crippen LogP contribution in [0.25, 0.3) is 0 Å². The van der Waals surface area contributed by atoms with Gasteiger partial charge in [-0.2, -0.15) is 0 Å². The van der Waals surface area contributed by atoms with Crippen molar-refractivity contribution < 1.29 is 4.79 Å². The van der Waals surface area contributed by atoms with Gasteiger partial charge in [0.1, 0.15) is 0 Å². The van der Waals surface area contributed by atoms with Crippen LogP contribution in [0.2, 0.25) is 0 Å². The minimum Gasteiger partial charge on any atom is -0.334 e. The zero-order chi connectivity index (χ0) is 9.97. The number of nitrogens with zero attached hydrogens (tertiary/aromatic N) is 1. The van der Waals surface area contributed by atoms with E-state index in [-0.39, 0.29) is 11.9 Å². The summed E-state index contributed by atoms with van der Waals surface area (Å²) in [5.74, 6) is 0.104. The Labute approximate surface area is 83.5 Å². The first-order chi connectivity index (χ1) is 6.83. The third-order valence-corrected chi connectivity index (χ3v) is 2.70. The predicted octanol–water partition coefficient (Wildman–Crippen LogP) is 0.860. The topological polar surface area (TPSA) is 46.3 Å². The second-order valence-electron chi connectivity index (χ2n) is 3.54. The van der Waals surface area contributed by atoms with Gasteiger partial charge in [-0.25, -0.2) is 0 Å². The monoisotopic (exact) mass is 190 g/mol. The molecule has 1 aliphatic rings. The van der Waals surface area contributed by atoms with E-state index in [1.54, 1.807) is 0 Å². The van der Waals surface area contributed by atoms with E-state index in [9.17, 15) is 4.79 Å². The van der Waals surface area contributed by atoms with Gasteiger partial charge in [0.15, 0.2) is 0 Å². The molecule has 2 N–H and O–H groups in total. The number of carbonyl (C=O) groups is 1. The van der Waals surface area contributed by atoms with Crippen molar-refractivity contribution in [1.82, 2.24) is 4.90 Å². The minimum absolute atomic E-state index is 0.104. The summed E-state index contributed by atoms with van der Waals surface area (Å²) < 4.78 is 0. The van der Waals surface area contributed by atoms with Crippen molar-refractivity contribution in [3.05, 3.63) is 35.9 Å². The number of rotatable bonds is 2. The van der Waals surface area contributed by atoms with E-state index in [1.807, 2.05) is 35.2 Å². The summed E-state index contributed by atoms with van der Waals surface area (Å²) in [4.78, 5) is 13.7. The molecule has 0 saturated carbocycles. The first kappa shape index (κ1) is 9.21. The summed E-state index contributed by atoms with van der Waals surface area (Å²) in [6.45, 7) is 1.41. The SMILES string of the molecule is NCC1CCN1C(=O)c1ccccc1. The molecule has 2 rings (SSSR count). The van der Waals surface area contributed by atoms with E-state index in [1.165, 1.54) is 0 Å². The standard InChI is InChI=1S/C11H14N2O/c12-8-10-6-7-13(10)11(14)9-4-2-1-3-5-9/h1-5,10H,6-8,12H2. The van der Waals surface area contributed by atoms with Crippen LogP contribution >= 0.6 is 0 Å². The van der Waals surface area contributed by atoms with Crippen LogP contribution in [0.1, 0.15) is 16.8 Å². The van der Waals surface area contributed by atoms with E-state index >= 15 is 0 Å². The van der Waals surface area contributed by atoms with E-state index in [4.69, 9.17) is 5.73 Å². The largest absolute Gasteiger partial charge is 0.334 e. The number of amides is 1. The van der Waals surface area contributed by atoms with Crippen molar-refractivity contribution in [2.45, 2.75) is 12.5 Å². The highest BCUT2D eigenvalue weighted by molar-refractivity contribution is 5.94. The number of hydrogen-bond acceptors (Lipinski definition) is 2. The Kier molecular flexibility index (Phi) is 2.50. The van der Waals surface area contributed by atoms with E-state index in [2.05, 4.69) is 0 Å². The highest BCUT2D eigenvalue weighted by atomic mass is 16.2. The van der Waals surface area contributed by atoms with Crippen molar-refractivity contribution in [2.75, 3.05) is 13.1 Å². The highest BCUT2D eigenvalue weighted by Crippen LogP contribution is 2.19. The van der Waals surface area contributed by atoms with Crippen LogP contribution in [-0.4, -0.2) is 29.9 Å². The first-order valence-corrected chi connectivity index (χ1v) is 4.89. The lowest BCUT2D eigenvalue weighted by molar-refractivity contribution is 0.0482. The molecule has 14 heavy (non-hydrogen) atoms. The molecule has 1 aliphatic heterocycles. The maximum absolute atomic E-state index is 11.9. The highest BCUT2D eigenvalue weighted by Gasteiger charge is 2.31. The van der Waals surface area contributed by atoms with Crippen LogP contribution in [0.15, 0.2) is 30.3 Å². The van der Waals surface area contributed by atoms with Gasteiger partial charge in [0.2, 0.25) is 0 Å². The number of likely N-dealkylation sites (tertiary alicyclic amines) is 1. The Hall–Kier alpha value is -1.35. The summed E-state index contributed by atoms with van der Waals surface area (Å²) in [6.07, 6.45) is 1.04. The summed E-state index contributed by atoms with van der Waals surface area (Å²) in [5, 5.41) is 0. The van der Waals surface area contributed by atoms with Gasteiger partial charge < -0.3 is 10.6 Å². The quantitative estimate of drug-likeness (QED) is 0.751. The van der Waals surface area contributed by atoms with Crippen LogP contribution in [0.4, 0.5) is 0 Å². The molecule has 0 radical (unpaired) electrons. The van der Waals surface area contributed by atoms with Crippen LogP contribution in [0.3, 0.4) is 0 Å². The fourth-order valence-corrected chi connectivity index (χ4v) is 1.70.